The smallest absolute Gasteiger partial charge is 0.0619 e. The quantitative estimate of drug-likeness (QED) is 0.159. The van der Waals surface area contributed by atoms with Gasteiger partial charge in [0.05, 0.1) is 5.41 Å². The van der Waals surface area contributed by atoms with Gasteiger partial charge < -0.3 is 0 Å². The van der Waals surface area contributed by atoms with E-state index >= 15 is 0 Å². The summed E-state index contributed by atoms with van der Waals surface area (Å²) in [6.45, 7) is 6.80. The van der Waals surface area contributed by atoms with Crippen molar-refractivity contribution >= 4 is 32.8 Å². The van der Waals surface area contributed by atoms with Gasteiger partial charge in [-0.3, -0.25) is 0 Å². The van der Waals surface area contributed by atoms with E-state index in [1.807, 2.05) is 6.20 Å². The Hall–Kier alpha value is -8.89. The molecule has 0 atom stereocenters. The van der Waals surface area contributed by atoms with Gasteiger partial charge in [0.2, 0.25) is 0 Å². The Morgan fingerprint density at radius 2 is 0.935 bits per heavy atom. The topological polar surface area (TPSA) is 36.9 Å². The molecule has 13 aromatic rings. The van der Waals surface area contributed by atoms with E-state index in [-0.39, 0.29) is 5.41 Å². The van der Waals surface area contributed by atoms with E-state index in [9.17, 15) is 0 Å². The first-order chi connectivity index (χ1) is 37.8. The Kier molecular flexibility index (Phi) is 10.2. The second-order valence-corrected chi connectivity index (χ2v) is 22.4. The number of hydrogen-bond acceptors (Lipinski definition) is 2. The molecule has 6 heteroatoms. The molecule has 0 saturated heterocycles. The zero-order valence-corrected chi connectivity index (χ0v) is 45.0. The number of nitrogens with zero attached hydrogens (tertiary/aromatic N) is 4. The van der Waals surface area contributed by atoms with Crippen LogP contribution in [0.1, 0.15) is 48.6 Å². The van der Waals surface area contributed by atoms with Crippen LogP contribution in [-0.4, -0.2) is 18.7 Å². The molecule has 0 fully saturated rings. The summed E-state index contributed by atoms with van der Waals surface area (Å²) in [6, 6.07) is 88.3. The second-order valence-electron chi connectivity index (χ2n) is 21.4. The van der Waals surface area contributed by atoms with E-state index < -0.39 is 5.41 Å². The van der Waals surface area contributed by atoms with Gasteiger partial charge in [-0.1, -0.05) is 93.6 Å². The van der Waals surface area contributed by atoms with Crippen LogP contribution in [0, 0.1) is 3.80 Å². The molecule has 2 aliphatic carbocycles. The van der Waals surface area contributed by atoms with E-state index in [4.69, 9.17) is 9.72 Å². The molecule has 1 spiro atoms. The maximum atomic E-state index is 7.04. The SMILES string of the molecule is CC(C)(C)c1ccnc(-n2c3cc(Oc4cccc(-n5[c](=[Pt])n(-c6c(-c7ccccc7)cccc6-c6ccccc6)c6ccccc65)c4)ccc3c3cc4c(cc32)C2(c3ccccc3-c3ccccc32)c2ccccc2-4)c1. The van der Waals surface area contributed by atoms with Gasteiger partial charge in [-0.05, 0) is 61.6 Å². The molecule has 15 rings (SSSR count). The van der Waals surface area contributed by atoms with Crippen LogP contribution in [0.3, 0.4) is 0 Å². The van der Waals surface area contributed by atoms with Crippen molar-refractivity contribution in [3.05, 3.63) is 280 Å². The average Bonchev–Trinajstić information content (AvgIpc) is 4.20. The third-order valence-corrected chi connectivity index (χ3v) is 17.2. The predicted octanol–water partition coefficient (Wildman–Crippen LogP) is 17.8. The fourth-order valence-corrected chi connectivity index (χ4v) is 13.9. The number of rotatable bonds is 7. The van der Waals surface area contributed by atoms with E-state index in [1.54, 1.807) is 0 Å². The number of aromatic nitrogens is 4. The molecular formula is C71H50N4OPt. The molecule has 0 N–H and O–H groups in total. The summed E-state index contributed by atoms with van der Waals surface area (Å²) in [5.41, 5.74) is 22.2. The second kappa shape index (κ2) is 17.3. The molecule has 0 saturated carbocycles. The van der Waals surface area contributed by atoms with Crippen molar-refractivity contribution in [2.45, 2.75) is 31.6 Å². The van der Waals surface area contributed by atoms with Crippen molar-refractivity contribution in [2.75, 3.05) is 0 Å². The van der Waals surface area contributed by atoms with Crippen LogP contribution in [0.25, 0.3) is 94.5 Å². The summed E-state index contributed by atoms with van der Waals surface area (Å²) < 4.78 is 15.2. The Morgan fingerprint density at radius 3 is 1.57 bits per heavy atom. The van der Waals surface area contributed by atoms with Crippen LogP contribution < -0.4 is 4.74 Å². The minimum Gasteiger partial charge on any atom is -0.0619 e. The summed E-state index contributed by atoms with van der Waals surface area (Å²) in [5, 5.41) is 2.31. The fourth-order valence-electron chi connectivity index (χ4n) is 12.8. The molecule has 0 amide bonds. The summed E-state index contributed by atoms with van der Waals surface area (Å²) in [6.07, 6.45) is 1.96. The Morgan fingerprint density at radius 1 is 0.403 bits per heavy atom. The molecule has 370 valence electrons. The average molecular weight is 1170 g/mol. The number of benzene rings is 10. The van der Waals surface area contributed by atoms with Gasteiger partial charge in [-0.15, -0.1) is 0 Å². The number of imidazole rings is 1. The predicted molar refractivity (Wildman–Crippen MR) is 310 cm³/mol. The zero-order chi connectivity index (χ0) is 51.6. The summed E-state index contributed by atoms with van der Waals surface area (Å²) in [4.78, 5) is 5.17. The molecule has 3 heterocycles. The van der Waals surface area contributed by atoms with Crippen LogP contribution in [0.4, 0.5) is 0 Å². The van der Waals surface area contributed by atoms with Crippen molar-refractivity contribution in [3.8, 4) is 73.2 Å². The molecule has 0 unspecified atom stereocenters. The van der Waals surface area contributed by atoms with Crippen LogP contribution in [0.2, 0.25) is 0 Å². The van der Waals surface area contributed by atoms with Crippen molar-refractivity contribution in [1.29, 1.82) is 0 Å². The summed E-state index contributed by atoms with van der Waals surface area (Å²) in [5.74, 6) is 2.36. The number of hydrogen-bond donors (Lipinski definition) is 0. The van der Waals surface area contributed by atoms with E-state index in [2.05, 4.69) is 296 Å². The summed E-state index contributed by atoms with van der Waals surface area (Å²) >= 11 is 2.52. The zero-order valence-electron chi connectivity index (χ0n) is 42.7. The van der Waals surface area contributed by atoms with Crippen LogP contribution in [-0.2, 0) is 30.2 Å². The number of ether oxygens (including phenoxy) is 1. The van der Waals surface area contributed by atoms with Crippen LogP contribution in [0.15, 0.2) is 249 Å². The van der Waals surface area contributed by atoms with Gasteiger partial charge in [0.15, 0.2) is 0 Å². The van der Waals surface area contributed by atoms with Crippen molar-refractivity contribution in [1.82, 2.24) is 18.7 Å². The normalized spacial score (nSPS) is 13.1. The first kappa shape index (κ1) is 45.5. The molecule has 77 heavy (non-hydrogen) atoms. The third-order valence-electron chi connectivity index (χ3n) is 16.1. The fraction of sp³-hybridized carbons (Fsp3) is 0.0704. The van der Waals surface area contributed by atoms with Gasteiger partial charge >= 0.3 is 294 Å². The third kappa shape index (κ3) is 6.83. The molecule has 0 aliphatic heterocycles. The van der Waals surface area contributed by atoms with Gasteiger partial charge in [-0.2, -0.15) is 0 Å². The first-order valence-corrected chi connectivity index (χ1v) is 27.5. The van der Waals surface area contributed by atoms with Gasteiger partial charge in [0, 0.05) is 6.20 Å². The molecule has 3 aromatic heterocycles. The molecule has 2 aliphatic rings. The minimum absolute atomic E-state index is 0.0857. The molecule has 0 bridgehead atoms. The van der Waals surface area contributed by atoms with Crippen molar-refractivity contribution < 1.29 is 24.1 Å². The minimum atomic E-state index is -0.480. The van der Waals surface area contributed by atoms with Crippen LogP contribution in [0.5, 0.6) is 11.5 Å². The Labute approximate surface area is 458 Å². The number of pyridine rings is 1. The van der Waals surface area contributed by atoms with Crippen molar-refractivity contribution in [2.24, 2.45) is 0 Å². The van der Waals surface area contributed by atoms with Gasteiger partial charge in [0.25, 0.3) is 0 Å². The standard InChI is InChI=1S/C71H50N4O.Pt/c1-70(2,3)48-38-39-72-68(40-48)75-66-42-51(36-37-57(66)59-43-58-56-28-12-15-33-62(56)71(63(58)44-67(59)75)60-31-13-10-26-54(60)55-27-11-14-32-61(55)71)76-50-25-18-24-49(41-50)73-45-74(65-35-17-16-34-64(65)73)69-52(46-20-6-4-7-21-46)29-19-30-53(69)47-22-8-5-9-23-47;/h4-44H,1-3H3;. The van der Waals surface area contributed by atoms with Crippen molar-refractivity contribution in [3.63, 3.8) is 0 Å². The maximum absolute atomic E-state index is 7.04. The van der Waals surface area contributed by atoms with E-state index in [0.29, 0.717) is 0 Å². The van der Waals surface area contributed by atoms with E-state index in [1.165, 1.54) is 55.5 Å². The number of para-hydroxylation sites is 3. The molecular weight excluding hydrogens is 1120 g/mol. The molecule has 10 aromatic carbocycles. The van der Waals surface area contributed by atoms with Crippen LogP contribution >= 0.6 is 0 Å². The monoisotopic (exact) mass is 1170 g/mol. The van der Waals surface area contributed by atoms with E-state index in [0.717, 1.165) is 82.2 Å². The summed E-state index contributed by atoms with van der Waals surface area (Å²) in [7, 11) is 0. The number of fused-ring (bicyclic) bond motifs is 14. The van der Waals surface area contributed by atoms with Gasteiger partial charge in [0.1, 0.15) is 0 Å². The Balaban J connectivity index is 0.903. The molecule has 0 radical (unpaired) electrons. The van der Waals surface area contributed by atoms with Gasteiger partial charge in [-0.25, -0.2) is 0 Å². The molecule has 5 nitrogen and oxygen atoms in total. The first-order valence-electron chi connectivity index (χ1n) is 26.3. The Bertz CT molecular complexity index is 4510.